The molecule has 3 rings (SSSR count). The molecular weight excluding hydrogens is 434 g/mol. The number of methoxy groups -OCH3 is 1. The molecule has 154 valence electrons. The van der Waals surface area contributed by atoms with Crippen LogP contribution < -0.4 is 4.74 Å². The Labute approximate surface area is 180 Å². The fraction of sp³-hybridized carbons (Fsp3) is 0.364. The lowest BCUT2D eigenvalue weighted by Gasteiger charge is -2.34. The van der Waals surface area contributed by atoms with Gasteiger partial charge in [-0.1, -0.05) is 40.2 Å². The van der Waals surface area contributed by atoms with Crippen LogP contribution in [0.2, 0.25) is 0 Å². The van der Waals surface area contributed by atoms with Gasteiger partial charge in [0.25, 0.3) is 5.91 Å². The molecule has 2 aromatic rings. The Hall–Kier alpha value is -2.22. The number of benzene rings is 1. The minimum atomic E-state index is 0.0194. The first kappa shape index (κ1) is 21.5. The molecule has 1 aliphatic rings. The maximum atomic E-state index is 12.7. The average Bonchev–Trinajstić information content (AvgIpc) is 2.76. The lowest BCUT2D eigenvalue weighted by atomic mass is 10.2. The van der Waals surface area contributed by atoms with Gasteiger partial charge in [0, 0.05) is 56.6 Å². The third-order valence-electron chi connectivity index (χ3n) is 4.72. The molecule has 0 aliphatic carbocycles. The summed E-state index contributed by atoms with van der Waals surface area (Å²) in [6, 6.07) is 11.7. The second kappa shape index (κ2) is 11.1. The van der Waals surface area contributed by atoms with Gasteiger partial charge in [0.05, 0.1) is 12.2 Å². The topological polar surface area (TPSA) is 54.9 Å². The van der Waals surface area contributed by atoms with Crippen molar-refractivity contribution >= 4 is 27.9 Å². The van der Waals surface area contributed by atoms with Crippen molar-refractivity contribution < 1.29 is 14.3 Å². The van der Waals surface area contributed by atoms with Crippen molar-refractivity contribution in [2.75, 3.05) is 53.0 Å². The van der Waals surface area contributed by atoms with E-state index in [4.69, 9.17) is 9.47 Å². The Morgan fingerprint density at radius 2 is 1.86 bits per heavy atom. The zero-order chi connectivity index (χ0) is 20.5. The molecule has 1 aromatic heterocycles. The highest BCUT2D eigenvalue weighted by atomic mass is 79.9. The molecule has 1 amide bonds. The minimum Gasteiger partial charge on any atom is -0.475 e. The quantitative estimate of drug-likeness (QED) is 0.566. The number of rotatable bonds is 8. The number of amides is 1. The summed E-state index contributed by atoms with van der Waals surface area (Å²) in [6.07, 6.45) is 5.89. The number of carbonyl (C=O) groups is 1. The number of hydrogen-bond donors (Lipinski definition) is 0. The molecule has 0 bridgehead atoms. The summed E-state index contributed by atoms with van der Waals surface area (Å²) in [5.74, 6) is 0.520. The molecule has 2 heterocycles. The van der Waals surface area contributed by atoms with Crippen LogP contribution in [0.15, 0.2) is 53.1 Å². The molecule has 0 N–H and O–H groups in total. The van der Waals surface area contributed by atoms with Gasteiger partial charge in [0.15, 0.2) is 0 Å². The van der Waals surface area contributed by atoms with Crippen molar-refractivity contribution in [2.45, 2.75) is 0 Å². The molecule has 29 heavy (non-hydrogen) atoms. The maximum Gasteiger partial charge on any atom is 0.255 e. The highest BCUT2D eigenvalue weighted by molar-refractivity contribution is 9.10. The molecule has 1 aromatic carbocycles. The van der Waals surface area contributed by atoms with Gasteiger partial charge in [-0.05, 0) is 23.8 Å². The van der Waals surface area contributed by atoms with E-state index in [0.29, 0.717) is 24.7 Å². The van der Waals surface area contributed by atoms with Crippen LogP contribution in [-0.4, -0.2) is 73.7 Å². The van der Waals surface area contributed by atoms with Crippen molar-refractivity contribution in [3.63, 3.8) is 0 Å². The molecular formula is C22H26BrN3O3. The van der Waals surface area contributed by atoms with Crippen LogP contribution in [0.3, 0.4) is 0 Å². The average molecular weight is 460 g/mol. The molecule has 1 saturated heterocycles. The largest absolute Gasteiger partial charge is 0.475 e. The van der Waals surface area contributed by atoms with Gasteiger partial charge in [-0.3, -0.25) is 9.69 Å². The summed E-state index contributed by atoms with van der Waals surface area (Å²) in [7, 11) is 1.62. The molecule has 0 radical (unpaired) electrons. The van der Waals surface area contributed by atoms with E-state index in [1.165, 1.54) is 5.56 Å². The molecule has 1 aliphatic heterocycles. The number of piperazine rings is 1. The third-order valence-corrected chi connectivity index (χ3v) is 5.25. The van der Waals surface area contributed by atoms with Gasteiger partial charge in [-0.25, -0.2) is 4.98 Å². The van der Waals surface area contributed by atoms with E-state index < -0.39 is 0 Å². The van der Waals surface area contributed by atoms with Crippen LogP contribution in [0, 0.1) is 0 Å². The number of aromatic nitrogens is 1. The number of carbonyl (C=O) groups excluding carboxylic acids is 1. The lowest BCUT2D eigenvalue weighted by Crippen LogP contribution is -2.48. The third kappa shape index (κ3) is 6.66. The number of pyridine rings is 1. The Balaban J connectivity index is 1.43. The van der Waals surface area contributed by atoms with Gasteiger partial charge in [0.2, 0.25) is 5.88 Å². The fourth-order valence-electron chi connectivity index (χ4n) is 3.05. The highest BCUT2D eigenvalue weighted by Gasteiger charge is 2.21. The minimum absolute atomic E-state index is 0.0194. The monoisotopic (exact) mass is 459 g/mol. The summed E-state index contributed by atoms with van der Waals surface area (Å²) in [4.78, 5) is 21.1. The van der Waals surface area contributed by atoms with Crippen molar-refractivity contribution in [1.29, 1.82) is 0 Å². The van der Waals surface area contributed by atoms with Crippen LogP contribution in [0.5, 0.6) is 5.88 Å². The van der Waals surface area contributed by atoms with E-state index in [9.17, 15) is 4.79 Å². The summed E-state index contributed by atoms with van der Waals surface area (Å²) in [6.45, 7) is 4.99. The first-order chi connectivity index (χ1) is 14.2. The normalized spacial score (nSPS) is 15.0. The van der Waals surface area contributed by atoms with Crippen molar-refractivity contribution in [3.05, 3.63) is 64.3 Å². The van der Waals surface area contributed by atoms with E-state index in [0.717, 1.165) is 37.2 Å². The Kier molecular flexibility index (Phi) is 8.22. The van der Waals surface area contributed by atoms with Crippen LogP contribution in [0.1, 0.15) is 15.9 Å². The number of ether oxygens (including phenoxy) is 2. The van der Waals surface area contributed by atoms with Crippen LogP contribution in [-0.2, 0) is 4.74 Å². The van der Waals surface area contributed by atoms with Crippen LogP contribution >= 0.6 is 15.9 Å². The van der Waals surface area contributed by atoms with Gasteiger partial charge < -0.3 is 14.4 Å². The van der Waals surface area contributed by atoms with Crippen molar-refractivity contribution in [1.82, 2.24) is 14.8 Å². The van der Waals surface area contributed by atoms with E-state index in [-0.39, 0.29) is 5.91 Å². The molecule has 0 saturated carbocycles. The molecule has 1 fully saturated rings. The summed E-state index contributed by atoms with van der Waals surface area (Å²) >= 11 is 3.45. The second-order valence-electron chi connectivity index (χ2n) is 6.77. The predicted octanol–water partition coefficient (Wildman–Crippen LogP) is 3.34. The first-order valence-electron chi connectivity index (χ1n) is 9.67. The summed E-state index contributed by atoms with van der Waals surface area (Å²) in [5, 5.41) is 0. The fourth-order valence-corrected chi connectivity index (χ4v) is 3.31. The van der Waals surface area contributed by atoms with Gasteiger partial charge >= 0.3 is 0 Å². The van der Waals surface area contributed by atoms with E-state index >= 15 is 0 Å². The van der Waals surface area contributed by atoms with Gasteiger partial charge in [-0.2, -0.15) is 0 Å². The number of hydrogen-bond acceptors (Lipinski definition) is 5. The molecule has 6 nitrogen and oxygen atoms in total. The smallest absolute Gasteiger partial charge is 0.255 e. The molecule has 0 atom stereocenters. The van der Waals surface area contributed by atoms with Gasteiger partial charge in [0.1, 0.15) is 6.61 Å². The Bertz CT molecular complexity index is 801. The Morgan fingerprint density at radius 3 is 2.52 bits per heavy atom. The number of halogens is 1. The first-order valence-corrected chi connectivity index (χ1v) is 10.5. The van der Waals surface area contributed by atoms with Gasteiger partial charge in [-0.15, -0.1) is 0 Å². The van der Waals surface area contributed by atoms with Crippen molar-refractivity contribution in [2.24, 2.45) is 0 Å². The van der Waals surface area contributed by atoms with E-state index in [1.807, 2.05) is 17.0 Å². The molecule has 0 unspecified atom stereocenters. The van der Waals surface area contributed by atoms with Crippen LogP contribution in [0.25, 0.3) is 6.08 Å². The van der Waals surface area contributed by atoms with E-state index in [2.05, 4.69) is 50.1 Å². The van der Waals surface area contributed by atoms with E-state index in [1.54, 1.807) is 25.4 Å². The maximum absolute atomic E-state index is 12.7. The zero-order valence-electron chi connectivity index (χ0n) is 16.6. The Morgan fingerprint density at radius 1 is 1.10 bits per heavy atom. The standard InChI is InChI=1S/C22H26BrN3O3/c1-28-15-16-29-21-9-6-19(17-24-21)22(27)26-13-11-25(12-14-26)10-2-3-18-4-7-20(23)8-5-18/h2-9,17H,10-16H2,1H3/b3-2+. The SMILES string of the molecule is COCCOc1ccc(C(=O)N2CCN(C/C=C/c3ccc(Br)cc3)CC2)cn1. The lowest BCUT2D eigenvalue weighted by molar-refractivity contribution is 0.0649. The summed E-state index contributed by atoms with van der Waals surface area (Å²) in [5.41, 5.74) is 1.77. The number of nitrogens with zero attached hydrogens (tertiary/aromatic N) is 3. The zero-order valence-corrected chi connectivity index (χ0v) is 18.2. The second-order valence-corrected chi connectivity index (χ2v) is 7.69. The highest BCUT2D eigenvalue weighted by Crippen LogP contribution is 2.13. The van der Waals surface area contributed by atoms with Crippen LogP contribution in [0.4, 0.5) is 0 Å². The molecule has 0 spiro atoms. The predicted molar refractivity (Wildman–Crippen MR) is 117 cm³/mol. The summed E-state index contributed by atoms with van der Waals surface area (Å²) < 4.78 is 11.5. The molecule has 7 heteroatoms. The van der Waals surface area contributed by atoms with Crippen molar-refractivity contribution in [3.8, 4) is 5.88 Å².